The Labute approximate surface area is 343 Å². The number of aliphatic hydroxyl groups is 2. The van der Waals surface area contributed by atoms with Gasteiger partial charge < -0.3 is 20.3 Å². The minimum absolute atomic E-state index is 0.000611. The summed E-state index contributed by atoms with van der Waals surface area (Å²) in [5.41, 5.74) is 0. The summed E-state index contributed by atoms with van der Waals surface area (Å²) in [5, 5.41) is 23.1. The van der Waals surface area contributed by atoms with Gasteiger partial charge in [-0.2, -0.15) is 0 Å². The minimum atomic E-state index is -0.667. The first kappa shape index (κ1) is 53.9. The van der Waals surface area contributed by atoms with Crippen LogP contribution in [0, 0.1) is 0 Å². The highest BCUT2D eigenvalue weighted by atomic mass is 16.5. The number of carbonyl (C=O) groups is 2. The molecule has 0 bridgehead atoms. The Morgan fingerprint density at radius 1 is 0.436 bits per heavy atom. The van der Waals surface area contributed by atoms with Gasteiger partial charge in [0.15, 0.2) is 0 Å². The SMILES string of the molecule is CCCCCCCCCCCCCCC(O)C(CO)NC(=O)CCCCCCCCCCCCCCCCCOC(=O)CCCCCCCCCCCCC. The third-order valence-electron chi connectivity index (χ3n) is 11.7. The van der Waals surface area contributed by atoms with Crippen LogP contribution in [0.2, 0.25) is 0 Å². The molecule has 0 aromatic heterocycles. The van der Waals surface area contributed by atoms with E-state index in [9.17, 15) is 19.8 Å². The summed E-state index contributed by atoms with van der Waals surface area (Å²) in [6.45, 7) is 4.93. The molecule has 0 radical (unpaired) electrons. The van der Waals surface area contributed by atoms with Gasteiger partial charge >= 0.3 is 5.97 Å². The maximum atomic E-state index is 12.4. The molecule has 1 amide bonds. The van der Waals surface area contributed by atoms with Crippen molar-refractivity contribution in [1.29, 1.82) is 0 Å². The molecule has 328 valence electrons. The first-order valence-corrected chi connectivity index (χ1v) is 24.8. The lowest BCUT2D eigenvalue weighted by Gasteiger charge is -2.22. The van der Waals surface area contributed by atoms with Crippen LogP contribution in [0.4, 0.5) is 0 Å². The zero-order valence-corrected chi connectivity index (χ0v) is 37.2. The van der Waals surface area contributed by atoms with Crippen LogP contribution in [-0.4, -0.2) is 47.4 Å². The lowest BCUT2D eigenvalue weighted by atomic mass is 10.0. The molecule has 55 heavy (non-hydrogen) atoms. The summed E-state index contributed by atoms with van der Waals surface area (Å²) in [7, 11) is 0. The summed E-state index contributed by atoms with van der Waals surface area (Å²) in [4.78, 5) is 24.4. The van der Waals surface area contributed by atoms with Crippen molar-refractivity contribution < 1.29 is 24.5 Å². The Morgan fingerprint density at radius 2 is 0.745 bits per heavy atom. The largest absolute Gasteiger partial charge is 0.466 e. The smallest absolute Gasteiger partial charge is 0.305 e. The number of amides is 1. The Balaban J connectivity index is 3.42. The number of carbonyl (C=O) groups excluding carboxylic acids is 2. The molecule has 0 saturated carbocycles. The lowest BCUT2D eigenvalue weighted by molar-refractivity contribution is -0.143. The van der Waals surface area contributed by atoms with E-state index in [1.807, 2.05) is 0 Å². The second-order valence-electron chi connectivity index (χ2n) is 17.2. The Hall–Kier alpha value is -1.14. The molecular formula is C49H97NO5. The van der Waals surface area contributed by atoms with Crippen molar-refractivity contribution in [3.05, 3.63) is 0 Å². The van der Waals surface area contributed by atoms with Crippen LogP contribution in [0.3, 0.4) is 0 Å². The van der Waals surface area contributed by atoms with Gasteiger partial charge in [-0.25, -0.2) is 0 Å². The van der Waals surface area contributed by atoms with Crippen LogP contribution in [0.15, 0.2) is 0 Å². The number of hydrogen-bond donors (Lipinski definition) is 3. The Morgan fingerprint density at radius 3 is 1.11 bits per heavy atom. The quantitative estimate of drug-likeness (QED) is 0.0422. The van der Waals surface area contributed by atoms with Crippen molar-refractivity contribution in [2.45, 2.75) is 289 Å². The normalized spacial score (nSPS) is 12.6. The van der Waals surface area contributed by atoms with Crippen molar-refractivity contribution in [2.75, 3.05) is 13.2 Å². The molecule has 6 nitrogen and oxygen atoms in total. The van der Waals surface area contributed by atoms with Gasteiger partial charge in [0.2, 0.25) is 5.91 Å². The highest BCUT2D eigenvalue weighted by Crippen LogP contribution is 2.17. The molecule has 0 heterocycles. The summed E-state index contributed by atoms with van der Waals surface area (Å²) >= 11 is 0. The third kappa shape index (κ3) is 42.3. The average Bonchev–Trinajstić information content (AvgIpc) is 3.18. The van der Waals surface area contributed by atoms with E-state index >= 15 is 0 Å². The van der Waals surface area contributed by atoms with Crippen LogP contribution < -0.4 is 5.32 Å². The van der Waals surface area contributed by atoms with Gasteiger partial charge in [0.1, 0.15) is 0 Å². The number of aliphatic hydroxyl groups excluding tert-OH is 2. The molecule has 0 aliphatic rings. The van der Waals surface area contributed by atoms with Gasteiger partial charge in [-0.1, -0.05) is 239 Å². The molecule has 0 rings (SSSR count). The van der Waals surface area contributed by atoms with E-state index in [0.717, 1.165) is 44.9 Å². The van der Waals surface area contributed by atoms with Crippen molar-refractivity contribution in [3.63, 3.8) is 0 Å². The summed E-state index contributed by atoms with van der Waals surface area (Å²) in [5.74, 6) is -0.0424. The maximum absolute atomic E-state index is 12.4. The second-order valence-corrected chi connectivity index (χ2v) is 17.2. The predicted octanol–water partition coefficient (Wildman–Crippen LogP) is 14.4. The molecule has 0 aromatic carbocycles. The monoisotopic (exact) mass is 780 g/mol. The molecule has 0 aliphatic heterocycles. The van der Waals surface area contributed by atoms with Crippen LogP contribution in [0.1, 0.15) is 277 Å². The van der Waals surface area contributed by atoms with Gasteiger partial charge in [-0.15, -0.1) is 0 Å². The van der Waals surface area contributed by atoms with Gasteiger partial charge in [0, 0.05) is 12.8 Å². The molecule has 0 spiro atoms. The van der Waals surface area contributed by atoms with E-state index in [0.29, 0.717) is 25.9 Å². The fourth-order valence-electron chi connectivity index (χ4n) is 7.82. The highest BCUT2D eigenvalue weighted by molar-refractivity contribution is 5.76. The van der Waals surface area contributed by atoms with Crippen molar-refractivity contribution >= 4 is 11.9 Å². The van der Waals surface area contributed by atoms with Crippen LogP contribution in [0.5, 0.6) is 0 Å². The number of hydrogen-bond acceptors (Lipinski definition) is 5. The van der Waals surface area contributed by atoms with Gasteiger partial charge in [0.05, 0.1) is 25.4 Å². The Kier molecular flexibility index (Phi) is 44.6. The van der Waals surface area contributed by atoms with Gasteiger partial charge in [0.25, 0.3) is 0 Å². The lowest BCUT2D eigenvalue weighted by Crippen LogP contribution is -2.45. The third-order valence-corrected chi connectivity index (χ3v) is 11.7. The van der Waals surface area contributed by atoms with Crippen molar-refractivity contribution in [3.8, 4) is 0 Å². The molecule has 3 N–H and O–H groups in total. The summed E-state index contributed by atoms with van der Waals surface area (Å²) in [6, 6.07) is -0.545. The molecule has 0 saturated heterocycles. The van der Waals surface area contributed by atoms with Crippen LogP contribution in [-0.2, 0) is 14.3 Å². The number of rotatable bonds is 46. The van der Waals surface area contributed by atoms with Gasteiger partial charge in [-0.05, 0) is 25.7 Å². The second kappa shape index (κ2) is 45.6. The molecule has 2 unspecified atom stereocenters. The number of nitrogens with one attached hydrogen (secondary N) is 1. The first-order chi connectivity index (χ1) is 27.0. The van der Waals surface area contributed by atoms with Crippen molar-refractivity contribution in [2.24, 2.45) is 0 Å². The Bertz CT molecular complexity index is 776. The van der Waals surface area contributed by atoms with E-state index < -0.39 is 12.1 Å². The minimum Gasteiger partial charge on any atom is -0.466 e. The highest BCUT2D eigenvalue weighted by Gasteiger charge is 2.20. The predicted molar refractivity (Wildman–Crippen MR) is 237 cm³/mol. The van der Waals surface area contributed by atoms with E-state index in [2.05, 4.69) is 19.2 Å². The average molecular weight is 780 g/mol. The zero-order valence-electron chi connectivity index (χ0n) is 37.2. The van der Waals surface area contributed by atoms with Crippen LogP contribution in [0.25, 0.3) is 0 Å². The van der Waals surface area contributed by atoms with E-state index in [4.69, 9.17) is 4.74 Å². The maximum Gasteiger partial charge on any atom is 0.305 e. The topological polar surface area (TPSA) is 95.9 Å². The van der Waals surface area contributed by atoms with E-state index in [1.165, 1.54) is 199 Å². The number of esters is 1. The standard InChI is InChI=1S/C49H97NO5/c1-3-5-7-9-11-13-15-22-25-29-33-37-41-47(52)46(45-51)50-48(53)42-38-34-30-26-23-19-17-16-18-20-24-28-32-36-40-44-55-49(54)43-39-35-31-27-21-14-12-10-8-6-4-2/h46-47,51-52H,3-45H2,1-2H3,(H,50,53). The van der Waals surface area contributed by atoms with E-state index in [-0.39, 0.29) is 18.5 Å². The molecule has 0 aromatic rings. The fraction of sp³-hybridized carbons (Fsp3) is 0.959. The first-order valence-electron chi connectivity index (χ1n) is 24.8. The zero-order chi connectivity index (χ0) is 40.1. The van der Waals surface area contributed by atoms with Gasteiger partial charge in [-0.3, -0.25) is 9.59 Å². The summed E-state index contributed by atoms with van der Waals surface area (Å²) < 4.78 is 5.45. The number of unbranched alkanes of at least 4 members (excludes halogenated alkanes) is 35. The summed E-state index contributed by atoms with van der Waals surface area (Å²) in [6.07, 6.45) is 49.2. The van der Waals surface area contributed by atoms with Crippen molar-refractivity contribution in [1.82, 2.24) is 5.32 Å². The fourth-order valence-corrected chi connectivity index (χ4v) is 7.82. The molecule has 6 heteroatoms. The molecule has 0 fully saturated rings. The molecule has 2 atom stereocenters. The number of ether oxygens (including phenoxy) is 1. The molecular weight excluding hydrogens is 683 g/mol. The van der Waals surface area contributed by atoms with Crippen LogP contribution >= 0.6 is 0 Å². The van der Waals surface area contributed by atoms with E-state index in [1.54, 1.807) is 0 Å². The molecule has 0 aliphatic carbocycles.